The van der Waals surface area contributed by atoms with Crippen molar-refractivity contribution in [3.05, 3.63) is 41.5 Å². The fraction of sp³-hybridized carbons (Fsp3) is 0.800. The van der Waals surface area contributed by atoms with Crippen LogP contribution >= 0.6 is 0 Å². The molecule has 10 heteroatoms. The highest BCUT2D eigenvalue weighted by atomic mass is 28.4. The molecule has 1 rings (SSSR count). The van der Waals surface area contributed by atoms with Crippen molar-refractivity contribution in [2.75, 3.05) is 62.3 Å². The predicted octanol–water partition coefficient (Wildman–Crippen LogP) is 9.05. The first-order valence-corrected chi connectivity index (χ1v) is 21.3. The number of ether oxygens (including phenoxy) is 8. The first-order chi connectivity index (χ1) is 23.6. The maximum atomic E-state index is 6.52. The van der Waals surface area contributed by atoms with Crippen molar-refractivity contribution in [3.8, 4) is 5.75 Å². The van der Waals surface area contributed by atoms with Gasteiger partial charge in [0.1, 0.15) is 19.3 Å². The zero-order valence-corrected chi connectivity index (χ0v) is 35.2. The summed E-state index contributed by atoms with van der Waals surface area (Å²) in [5.41, 5.74) is 2.37. The van der Waals surface area contributed by atoms with Crippen molar-refractivity contribution in [2.24, 2.45) is 17.8 Å². The Kier molecular flexibility index (Phi) is 23.2. The van der Waals surface area contributed by atoms with Gasteiger partial charge in [-0.15, -0.1) is 0 Å². The van der Waals surface area contributed by atoms with E-state index in [2.05, 4.69) is 67.6 Å². The molecule has 1 aromatic carbocycles. The van der Waals surface area contributed by atoms with E-state index in [0.717, 1.165) is 43.4 Å². The molecule has 0 N–H and O–H groups in total. The van der Waals surface area contributed by atoms with E-state index in [1.807, 2.05) is 24.3 Å². The number of hydrogen-bond donors (Lipinski definition) is 0. The predicted molar refractivity (Wildman–Crippen MR) is 205 cm³/mol. The molecule has 50 heavy (non-hydrogen) atoms. The molecule has 0 amide bonds. The Labute approximate surface area is 307 Å². The van der Waals surface area contributed by atoms with Crippen molar-refractivity contribution in [1.29, 1.82) is 0 Å². The van der Waals surface area contributed by atoms with Gasteiger partial charge in [0, 0.05) is 41.0 Å². The maximum absolute atomic E-state index is 6.52. The van der Waals surface area contributed by atoms with Crippen LogP contribution in [0.2, 0.25) is 18.1 Å². The van der Waals surface area contributed by atoms with Crippen molar-refractivity contribution < 1.29 is 42.3 Å². The third-order valence-electron chi connectivity index (χ3n) is 10.4. The summed E-state index contributed by atoms with van der Waals surface area (Å²) in [4.78, 5) is 0. The lowest BCUT2D eigenvalue weighted by molar-refractivity contribution is -0.155. The molecular weight excluding hydrogens is 653 g/mol. The van der Waals surface area contributed by atoms with Gasteiger partial charge in [-0.25, -0.2) is 0 Å². The molecule has 0 aromatic heterocycles. The third kappa shape index (κ3) is 17.4. The summed E-state index contributed by atoms with van der Waals surface area (Å²) in [6.07, 6.45) is 6.73. The minimum atomic E-state index is -1.86. The van der Waals surface area contributed by atoms with Gasteiger partial charge in [0.2, 0.25) is 0 Å². The molecule has 0 aliphatic carbocycles. The second kappa shape index (κ2) is 24.8. The minimum absolute atomic E-state index is 0.0348. The number of methoxy groups -OCH3 is 5. The van der Waals surface area contributed by atoms with Crippen molar-refractivity contribution in [2.45, 2.75) is 130 Å². The second-order valence-corrected chi connectivity index (χ2v) is 20.2. The van der Waals surface area contributed by atoms with E-state index < -0.39 is 8.32 Å². The number of hydrogen-bond acceptors (Lipinski definition) is 9. The highest BCUT2D eigenvalue weighted by Crippen LogP contribution is 2.37. The van der Waals surface area contributed by atoms with Crippen LogP contribution in [0.3, 0.4) is 0 Å². The Balaban J connectivity index is 2.77. The van der Waals surface area contributed by atoms with Crippen LogP contribution in [0.1, 0.15) is 86.1 Å². The SMILES string of the molecule is COCO[C@@H]([C@H](C)[C@@H](CCO[Si](C)(C)C(C)(C)C)OCOC)[C@H](C)CC[C@H](OC)/C(C)=C/C[C@@H](C)C[C@H](COCc1ccc(OC)cc1)OC. The normalized spacial score (nSPS) is 17.2. The largest absolute Gasteiger partial charge is 0.497 e. The topological polar surface area (TPSA) is 83.1 Å². The molecule has 0 radical (unpaired) electrons. The zero-order valence-electron chi connectivity index (χ0n) is 34.2. The smallest absolute Gasteiger partial charge is 0.191 e. The van der Waals surface area contributed by atoms with Crippen molar-refractivity contribution in [3.63, 3.8) is 0 Å². The van der Waals surface area contributed by atoms with Gasteiger partial charge >= 0.3 is 0 Å². The Morgan fingerprint density at radius 2 is 1.48 bits per heavy atom. The van der Waals surface area contributed by atoms with E-state index in [0.29, 0.717) is 25.7 Å². The van der Waals surface area contributed by atoms with E-state index >= 15 is 0 Å². The Morgan fingerprint density at radius 3 is 2.04 bits per heavy atom. The van der Waals surface area contributed by atoms with Gasteiger partial charge in [-0.2, -0.15) is 0 Å². The first kappa shape index (κ1) is 46.7. The molecule has 0 bridgehead atoms. The second-order valence-electron chi connectivity index (χ2n) is 15.4. The quantitative estimate of drug-likeness (QED) is 0.0477. The van der Waals surface area contributed by atoms with Crippen LogP contribution in [-0.2, 0) is 44.2 Å². The van der Waals surface area contributed by atoms with Crippen LogP contribution in [0.15, 0.2) is 35.9 Å². The van der Waals surface area contributed by atoms with E-state index in [4.69, 9.17) is 42.3 Å². The van der Waals surface area contributed by atoms with E-state index in [9.17, 15) is 0 Å². The third-order valence-corrected chi connectivity index (χ3v) is 14.9. The summed E-state index contributed by atoms with van der Waals surface area (Å²) >= 11 is 0. The molecule has 0 fully saturated rings. The molecule has 0 spiro atoms. The van der Waals surface area contributed by atoms with Gasteiger partial charge in [-0.05, 0) is 92.3 Å². The molecular formula is C40H74O9Si. The maximum Gasteiger partial charge on any atom is 0.191 e. The van der Waals surface area contributed by atoms with Crippen LogP contribution in [0.5, 0.6) is 5.75 Å². The summed E-state index contributed by atoms with van der Waals surface area (Å²) in [5.74, 6) is 1.63. The fourth-order valence-electron chi connectivity index (χ4n) is 5.93. The molecule has 0 saturated heterocycles. The highest BCUT2D eigenvalue weighted by molar-refractivity contribution is 6.74. The van der Waals surface area contributed by atoms with Gasteiger partial charge in [-0.1, -0.05) is 59.8 Å². The average molecular weight is 727 g/mol. The van der Waals surface area contributed by atoms with Crippen LogP contribution in [-0.4, -0.2) is 95.1 Å². The highest BCUT2D eigenvalue weighted by Gasteiger charge is 2.38. The minimum Gasteiger partial charge on any atom is -0.497 e. The Bertz CT molecular complexity index is 1030. The molecule has 0 heterocycles. The summed E-state index contributed by atoms with van der Waals surface area (Å²) in [7, 11) is 6.69. The van der Waals surface area contributed by atoms with Gasteiger partial charge in [0.15, 0.2) is 8.32 Å². The van der Waals surface area contributed by atoms with Crippen molar-refractivity contribution in [1.82, 2.24) is 0 Å². The molecule has 0 aliphatic rings. The lowest BCUT2D eigenvalue weighted by Crippen LogP contribution is -2.43. The van der Waals surface area contributed by atoms with Crippen LogP contribution in [0, 0.1) is 17.8 Å². The summed E-state index contributed by atoms with van der Waals surface area (Å²) in [6.45, 7) is 22.5. The number of benzene rings is 1. The van der Waals surface area contributed by atoms with Gasteiger partial charge < -0.3 is 42.3 Å². The van der Waals surface area contributed by atoms with E-state index in [1.165, 1.54) is 5.57 Å². The summed E-state index contributed by atoms with van der Waals surface area (Å²) in [6, 6.07) is 7.96. The Morgan fingerprint density at radius 1 is 0.840 bits per heavy atom. The fourth-order valence-corrected chi connectivity index (χ4v) is 6.99. The monoisotopic (exact) mass is 727 g/mol. The van der Waals surface area contributed by atoms with Crippen LogP contribution < -0.4 is 4.74 Å². The zero-order chi connectivity index (χ0) is 37.7. The Hall–Kier alpha value is -1.34. The molecule has 0 aliphatic heterocycles. The van der Waals surface area contributed by atoms with Crippen LogP contribution in [0.4, 0.5) is 0 Å². The van der Waals surface area contributed by atoms with Gasteiger partial charge in [0.05, 0.1) is 44.7 Å². The molecule has 0 unspecified atom stereocenters. The van der Waals surface area contributed by atoms with Crippen LogP contribution in [0.25, 0.3) is 0 Å². The van der Waals surface area contributed by atoms with E-state index in [-0.39, 0.29) is 54.9 Å². The molecule has 9 nitrogen and oxygen atoms in total. The molecule has 7 atom stereocenters. The van der Waals surface area contributed by atoms with Gasteiger partial charge in [0.25, 0.3) is 0 Å². The molecule has 1 aromatic rings. The number of allylic oxidation sites excluding steroid dienone is 1. The summed E-state index contributed by atoms with van der Waals surface area (Å²) < 4.78 is 52.7. The number of rotatable bonds is 28. The molecule has 0 saturated carbocycles. The summed E-state index contributed by atoms with van der Waals surface area (Å²) in [5, 5.41) is 0.155. The van der Waals surface area contributed by atoms with E-state index in [1.54, 1.807) is 35.5 Å². The lowest BCUT2D eigenvalue weighted by atomic mass is 9.84. The standard InChI is InChI=1S/C40H74O9Si/c1-30(25-36(44-11)27-46-26-34-18-20-35(43-10)21-19-34)15-16-31(2)37(45-12)22-17-32(3)39(48-29-42-9)33(4)38(47-28-41-8)23-24-49-50(13,14)40(5,6)7/h16,18-21,30,32-33,36-39H,15,17,22-29H2,1-14H3/b31-16+/t30-,32-,33-,36-,37+,38-,39-/m1/s1. The molecule has 292 valence electrons. The van der Waals surface area contributed by atoms with Crippen molar-refractivity contribution >= 4 is 8.32 Å². The van der Waals surface area contributed by atoms with Gasteiger partial charge in [-0.3, -0.25) is 0 Å². The average Bonchev–Trinajstić information content (AvgIpc) is 3.08. The first-order valence-electron chi connectivity index (χ1n) is 18.4. The lowest BCUT2D eigenvalue weighted by Gasteiger charge is -2.38.